The van der Waals surface area contributed by atoms with Gasteiger partial charge >= 0.3 is 7.60 Å². The predicted octanol–water partition coefficient (Wildman–Crippen LogP) is 4.65. The largest absolute Gasteiger partial charge is 0.497 e. The summed E-state index contributed by atoms with van der Waals surface area (Å²) in [6.45, 7) is 3.93. The molecule has 0 amide bonds. The van der Waals surface area contributed by atoms with Gasteiger partial charge in [0.05, 0.1) is 7.11 Å². The molecule has 0 aliphatic heterocycles. The van der Waals surface area contributed by atoms with Crippen molar-refractivity contribution < 1.29 is 23.8 Å². The van der Waals surface area contributed by atoms with E-state index in [1.54, 1.807) is 19.2 Å². The summed E-state index contributed by atoms with van der Waals surface area (Å²) in [5, 5.41) is 2.20. The van der Waals surface area contributed by atoms with Crippen molar-refractivity contribution >= 4 is 18.4 Å². The third kappa shape index (κ3) is 3.91. The number of rotatable bonds is 5. The van der Waals surface area contributed by atoms with Crippen LogP contribution in [0.3, 0.4) is 0 Å². The van der Waals surface area contributed by atoms with Gasteiger partial charge in [0.15, 0.2) is 6.35 Å². The second-order valence-corrected chi connectivity index (χ2v) is 7.85. The average molecular weight is 372 g/mol. The molecule has 0 unspecified atom stereocenters. The van der Waals surface area contributed by atoms with Gasteiger partial charge in [-0.25, -0.2) is 0 Å². The van der Waals surface area contributed by atoms with Crippen molar-refractivity contribution in [1.82, 2.24) is 0 Å². The van der Waals surface area contributed by atoms with Gasteiger partial charge < -0.3 is 19.3 Å². The highest BCUT2D eigenvalue weighted by Gasteiger charge is 2.16. The van der Waals surface area contributed by atoms with Gasteiger partial charge in [0.25, 0.3) is 0 Å². The highest BCUT2D eigenvalue weighted by molar-refractivity contribution is 7.51. The Morgan fingerprint density at radius 1 is 0.962 bits per heavy atom. The molecule has 0 bridgehead atoms. The van der Waals surface area contributed by atoms with Gasteiger partial charge in [0.1, 0.15) is 11.5 Å². The minimum absolute atomic E-state index is 0.453. The number of benzene rings is 3. The third-order valence-electron chi connectivity index (χ3n) is 4.26. The Balaban J connectivity index is 2.07. The Labute approximate surface area is 152 Å². The number of fused-ring (bicyclic) bond motifs is 1. The molecular weight excluding hydrogens is 351 g/mol. The van der Waals surface area contributed by atoms with Crippen molar-refractivity contribution in [1.29, 1.82) is 0 Å². The third-order valence-corrected chi connectivity index (χ3v) is 4.73. The molecule has 5 nitrogen and oxygen atoms in total. The predicted molar refractivity (Wildman–Crippen MR) is 103 cm³/mol. The highest BCUT2D eigenvalue weighted by atomic mass is 31.2. The van der Waals surface area contributed by atoms with Gasteiger partial charge in [0, 0.05) is 0 Å². The van der Waals surface area contributed by atoms with Crippen LogP contribution >= 0.6 is 7.60 Å². The summed E-state index contributed by atoms with van der Waals surface area (Å²) in [4.78, 5) is 18.0. The fourth-order valence-corrected chi connectivity index (χ4v) is 3.51. The molecule has 3 rings (SSSR count). The standard InChI is InChI=1S/C20H21O5P/c1-13-9-17(25-12-26(21,22)23)10-14(2)20(13)19-6-4-5-15-11-16(24-3)7-8-18(15)19/h4-11H,12H2,1-3H3,(H2,21,22,23). The van der Waals surface area contributed by atoms with E-state index in [-0.39, 0.29) is 0 Å². The Kier molecular flexibility index (Phi) is 5.05. The Morgan fingerprint density at radius 2 is 1.65 bits per heavy atom. The van der Waals surface area contributed by atoms with Crippen LogP contribution in [0.5, 0.6) is 11.5 Å². The fourth-order valence-electron chi connectivity index (χ4n) is 3.20. The van der Waals surface area contributed by atoms with Gasteiger partial charge in [-0.1, -0.05) is 24.3 Å². The number of hydrogen-bond donors (Lipinski definition) is 2. The molecule has 26 heavy (non-hydrogen) atoms. The second-order valence-electron chi connectivity index (χ2n) is 6.26. The summed E-state index contributed by atoms with van der Waals surface area (Å²) >= 11 is 0. The number of ether oxygens (including phenoxy) is 2. The molecule has 0 atom stereocenters. The van der Waals surface area contributed by atoms with Gasteiger partial charge in [-0.05, 0) is 71.1 Å². The topological polar surface area (TPSA) is 76.0 Å². The maximum absolute atomic E-state index is 11.0. The van der Waals surface area contributed by atoms with Crippen molar-refractivity contribution in [3.05, 3.63) is 59.7 Å². The van der Waals surface area contributed by atoms with Crippen molar-refractivity contribution in [2.75, 3.05) is 13.5 Å². The van der Waals surface area contributed by atoms with Gasteiger partial charge in [0.2, 0.25) is 0 Å². The second kappa shape index (κ2) is 7.12. The molecule has 136 valence electrons. The lowest BCUT2D eigenvalue weighted by atomic mass is 9.91. The zero-order valence-corrected chi connectivity index (χ0v) is 15.8. The lowest BCUT2D eigenvalue weighted by Crippen LogP contribution is -2.00. The SMILES string of the molecule is COc1ccc2c(-c3c(C)cc(OCP(=O)(O)O)cc3C)cccc2c1. The molecule has 0 saturated carbocycles. The molecule has 0 aromatic heterocycles. The zero-order chi connectivity index (χ0) is 18.9. The van der Waals surface area contributed by atoms with Gasteiger partial charge in [-0.2, -0.15) is 0 Å². The van der Waals surface area contributed by atoms with Crippen LogP contribution in [-0.2, 0) is 4.57 Å². The maximum atomic E-state index is 11.0. The summed E-state index contributed by atoms with van der Waals surface area (Å²) in [7, 11) is -2.56. The van der Waals surface area contributed by atoms with E-state index in [0.29, 0.717) is 5.75 Å². The monoisotopic (exact) mass is 372 g/mol. The zero-order valence-electron chi connectivity index (χ0n) is 14.9. The molecule has 0 radical (unpaired) electrons. The van der Waals surface area contributed by atoms with Crippen LogP contribution in [0.2, 0.25) is 0 Å². The van der Waals surface area contributed by atoms with Crippen LogP contribution in [0.25, 0.3) is 21.9 Å². The van der Waals surface area contributed by atoms with Crippen molar-refractivity contribution in [3.8, 4) is 22.6 Å². The smallest absolute Gasteiger partial charge is 0.362 e. The summed E-state index contributed by atoms with van der Waals surface area (Å²) in [5.74, 6) is 1.26. The van der Waals surface area contributed by atoms with Crippen LogP contribution in [0, 0.1) is 13.8 Å². The summed E-state index contributed by atoms with van der Waals surface area (Å²) in [6.07, 6.45) is -0.626. The lowest BCUT2D eigenvalue weighted by Gasteiger charge is -2.16. The molecule has 0 spiro atoms. The van der Waals surface area contributed by atoms with E-state index in [9.17, 15) is 4.57 Å². The first-order chi connectivity index (χ1) is 12.3. The maximum Gasteiger partial charge on any atom is 0.362 e. The van der Waals surface area contributed by atoms with Crippen LogP contribution in [0.15, 0.2) is 48.5 Å². The molecule has 3 aromatic carbocycles. The first-order valence-corrected chi connectivity index (χ1v) is 9.94. The Bertz CT molecular complexity index is 983. The van der Waals surface area contributed by atoms with E-state index >= 15 is 0 Å². The first kappa shape index (κ1) is 18.5. The number of methoxy groups -OCH3 is 1. The van der Waals surface area contributed by atoms with Gasteiger partial charge in [-0.15, -0.1) is 0 Å². The van der Waals surface area contributed by atoms with E-state index in [1.807, 2.05) is 44.2 Å². The molecular formula is C20H21O5P. The minimum atomic E-state index is -4.21. The molecule has 0 heterocycles. The molecule has 0 saturated heterocycles. The lowest BCUT2D eigenvalue weighted by molar-refractivity contribution is 0.300. The molecule has 0 aliphatic carbocycles. The van der Waals surface area contributed by atoms with E-state index in [0.717, 1.165) is 38.8 Å². The van der Waals surface area contributed by atoms with Crippen LogP contribution in [0.4, 0.5) is 0 Å². The highest BCUT2D eigenvalue weighted by Crippen LogP contribution is 2.38. The first-order valence-electron chi connectivity index (χ1n) is 8.14. The van der Waals surface area contributed by atoms with E-state index in [2.05, 4.69) is 6.07 Å². The molecule has 0 aliphatic rings. The quantitative estimate of drug-likeness (QED) is 0.638. The Morgan fingerprint density at radius 3 is 2.27 bits per heavy atom. The number of aryl methyl sites for hydroxylation is 2. The van der Waals surface area contributed by atoms with Crippen LogP contribution < -0.4 is 9.47 Å². The summed E-state index contributed by atoms with van der Waals surface area (Å²) in [6, 6.07) is 15.7. The molecule has 0 fully saturated rings. The molecule has 3 aromatic rings. The average Bonchev–Trinajstić information content (AvgIpc) is 2.58. The van der Waals surface area contributed by atoms with E-state index in [1.165, 1.54) is 0 Å². The molecule has 6 heteroatoms. The van der Waals surface area contributed by atoms with E-state index < -0.39 is 13.9 Å². The summed E-state index contributed by atoms with van der Waals surface area (Å²) < 4.78 is 21.6. The molecule has 2 N–H and O–H groups in total. The van der Waals surface area contributed by atoms with Crippen molar-refractivity contribution in [2.24, 2.45) is 0 Å². The normalized spacial score (nSPS) is 11.6. The van der Waals surface area contributed by atoms with Crippen molar-refractivity contribution in [3.63, 3.8) is 0 Å². The fraction of sp³-hybridized carbons (Fsp3) is 0.200. The Hall–Kier alpha value is -2.33. The van der Waals surface area contributed by atoms with Gasteiger partial charge in [-0.3, -0.25) is 4.57 Å². The summed E-state index contributed by atoms with van der Waals surface area (Å²) in [5.41, 5.74) is 4.15. The van der Waals surface area contributed by atoms with Crippen LogP contribution in [0.1, 0.15) is 11.1 Å². The van der Waals surface area contributed by atoms with E-state index in [4.69, 9.17) is 19.3 Å². The minimum Gasteiger partial charge on any atom is -0.497 e. The van der Waals surface area contributed by atoms with Crippen molar-refractivity contribution in [2.45, 2.75) is 13.8 Å². The van der Waals surface area contributed by atoms with Crippen LogP contribution in [-0.4, -0.2) is 23.2 Å². The number of hydrogen-bond acceptors (Lipinski definition) is 3.